The summed E-state index contributed by atoms with van der Waals surface area (Å²) in [5.41, 5.74) is 1.45. The minimum absolute atomic E-state index is 0.0561. The largest absolute Gasteiger partial charge is 0.478 e. The number of carbonyl (C=O) groups excluding carboxylic acids is 1. The van der Waals surface area contributed by atoms with Crippen molar-refractivity contribution in [3.05, 3.63) is 40.1 Å². The Morgan fingerprint density at radius 3 is 2.79 bits per heavy atom. The lowest BCUT2D eigenvalue weighted by Gasteiger charge is -2.06. The van der Waals surface area contributed by atoms with E-state index in [1.165, 1.54) is 0 Å². The molecule has 0 aliphatic heterocycles. The number of pyridine rings is 1. The normalized spacial score (nSPS) is 10.8. The maximum absolute atomic E-state index is 12.0. The molecule has 4 nitrogen and oxygen atoms in total. The van der Waals surface area contributed by atoms with E-state index in [0.29, 0.717) is 31.2 Å². The number of aliphatic carboxylic acids is 1. The predicted molar refractivity (Wildman–Crippen MR) is 76.3 cm³/mol. The van der Waals surface area contributed by atoms with E-state index in [0.717, 1.165) is 16.4 Å². The highest BCUT2D eigenvalue weighted by atomic mass is 79.9. The number of carbonyl (C=O) groups is 2. The smallest absolute Gasteiger partial charge is 0.327 e. The van der Waals surface area contributed by atoms with Crippen molar-refractivity contribution in [3.8, 4) is 0 Å². The number of nitrogens with zero attached hydrogens (tertiary/aromatic N) is 1. The van der Waals surface area contributed by atoms with Crippen LogP contribution in [-0.2, 0) is 11.2 Å². The Labute approximate surface area is 120 Å². The van der Waals surface area contributed by atoms with Crippen molar-refractivity contribution in [2.24, 2.45) is 0 Å². The zero-order chi connectivity index (χ0) is 14.3. The predicted octanol–water partition coefficient (Wildman–Crippen LogP) is 3.40. The lowest BCUT2D eigenvalue weighted by molar-refractivity contribution is -0.131. The van der Waals surface area contributed by atoms with Gasteiger partial charge in [-0.1, -0.05) is 13.0 Å². The second kappa shape index (κ2) is 7.84. The summed E-state index contributed by atoms with van der Waals surface area (Å²) in [4.78, 5) is 26.6. The van der Waals surface area contributed by atoms with Gasteiger partial charge in [-0.15, -0.1) is 0 Å². The van der Waals surface area contributed by atoms with E-state index in [1.54, 1.807) is 18.2 Å². The molecule has 0 saturated heterocycles. The number of hydrogen-bond acceptors (Lipinski definition) is 3. The number of aryl methyl sites for hydroxylation is 1. The molecule has 0 aliphatic carbocycles. The molecule has 0 spiro atoms. The topological polar surface area (TPSA) is 67.3 Å². The molecule has 0 saturated carbocycles. The van der Waals surface area contributed by atoms with Crippen molar-refractivity contribution in [3.63, 3.8) is 0 Å². The average Bonchev–Trinajstić information content (AvgIpc) is 2.37. The van der Waals surface area contributed by atoms with E-state index in [9.17, 15) is 9.59 Å². The van der Waals surface area contributed by atoms with Crippen LogP contribution in [0.2, 0.25) is 0 Å². The number of aromatic nitrogens is 1. The van der Waals surface area contributed by atoms with Crippen LogP contribution in [0.5, 0.6) is 0 Å². The van der Waals surface area contributed by atoms with Crippen molar-refractivity contribution < 1.29 is 14.7 Å². The lowest BCUT2D eigenvalue weighted by Crippen LogP contribution is -2.05. The summed E-state index contributed by atoms with van der Waals surface area (Å²) in [6, 6.07) is 3.54. The Hall–Kier alpha value is -1.49. The van der Waals surface area contributed by atoms with Crippen LogP contribution in [0.4, 0.5) is 0 Å². The van der Waals surface area contributed by atoms with Crippen LogP contribution in [0.3, 0.4) is 0 Å². The van der Waals surface area contributed by atoms with E-state index in [1.807, 2.05) is 6.92 Å². The second-order valence-electron chi connectivity index (χ2n) is 4.04. The van der Waals surface area contributed by atoms with Crippen molar-refractivity contribution in [1.29, 1.82) is 0 Å². The first kappa shape index (κ1) is 15.6. The molecule has 5 heteroatoms. The SMILES string of the molecule is CCc1nc(Br)ccc1C(=O)CCC/C=C/C(=O)O. The first-order valence-corrected chi connectivity index (χ1v) is 6.92. The number of carboxylic acids is 1. The Morgan fingerprint density at radius 1 is 1.42 bits per heavy atom. The molecule has 1 N–H and O–H groups in total. The van der Waals surface area contributed by atoms with Gasteiger partial charge in [0.1, 0.15) is 4.60 Å². The second-order valence-corrected chi connectivity index (χ2v) is 4.85. The highest BCUT2D eigenvalue weighted by molar-refractivity contribution is 9.10. The monoisotopic (exact) mass is 325 g/mol. The summed E-state index contributed by atoms with van der Waals surface area (Å²) in [7, 11) is 0. The molecule has 19 heavy (non-hydrogen) atoms. The molecule has 1 aromatic rings. The third kappa shape index (κ3) is 5.34. The zero-order valence-corrected chi connectivity index (χ0v) is 12.3. The molecule has 0 atom stereocenters. The van der Waals surface area contributed by atoms with Gasteiger partial charge in [-0.2, -0.15) is 0 Å². The van der Waals surface area contributed by atoms with Crippen LogP contribution in [0, 0.1) is 0 Å². The third-order valence-corrected chi connectivity index (χ3v) is 3.05. The Morgan fingerprint density at radius 2 is 2.16 bits per heavy atom. The fraction of sp³-hybridized carbons (Fsp3) is 0.357. The van der Waals surface area contributed by atoms with Crippen LogP contribution >= 0.6 is 15.9 Å². The van der Waals surface area contributed by atoms with Crippen LogP contribution < -0.4 is 0 Å². The van der Waals surface area contributed by atoms with Gasteiger partial charge in [0.15, 0.2) is 5.78 Å². The van der Waals surface area contributed by atoms with Gasteiger partial charge >= 0.3 is 5.97 Å². The minimum atomic E-state index is -0.961. The molecule has 0 aliphatic rings. The van der Waals surface area contributed by atoms with E-state index in [-0.39, 0.29) is 5.78 Å². The summed E-state index contributed by atoms with van der Waals surface area (Å²) in [6.07, 6.45) is 5.00. The molecule has 0 unspecified atom stereocenters. The number of carboxylic acid groups (broad SMARTS) is 1. The molecule has 1 aromatic heterocycles. The van der Waals surface area contributed by atoms with Crippen molar-refractivity contribution in [2.75, 3.05) is 0 Å². The summed E-state index contributed by atoms with van der Waals surface area (Å²) in [5, 5.41) is 8.43. The van der Waals surface area contributed by atoms with Crippen LogP contribution in [0.1, 0.15) is 42.2 Å². The van der Waals surface area contributed by atoms with Crippen LogP contribution in [-0.4, -0.2) is 21.8 Å². The molecular weight excluding hydrogens is 310 g/mol. The fourth-order valence-electron chi connectivity index (χ4n) is 1.70. The van der Waals surface area contributed by atoms with E-state index < -0.39 is 5.97 Å². The number of hydrogen-bond donors (Lipinski definition) is 1. The van der Waals surface area contributed by atoms with E-state index in [4.69, 9.17) is 5.11 Å². The van der Waals surface area contributed by atoms with E-state index >= 15 is 0 Å². The Kier molecular flexibility index (Phi) is 6.42. The third-order valence-electron chi connectivity index (χ3n) is 2.61. The van der Waals surface area contributed by atoms with Crippen molar-refractivity contribution >= 4 is 27.7 Å². The summed E-state index contributed by atoms with van der Waals surface area (Å²) >= 11 is 3.29. The van der Waals surface area contributed by atoms with Gasteiger partial charge in [-0.05, 0) is 47.3 Å². The van der Waals surface area contributed by atoms with Gasteiger partial charge < -0.3 is 5.11 Å². The standard InChI is InChI=1S/C14H16BrNO3/c1-2-11-10(8-9-13(15)16-11)12(17)6-4-3-5-7-14(18)19/h5,7-9H,2-4,6H2,1H3,(H,18,19)/b7-5+. The van der Waals surface area contributed by atoms with Gasteiger partial charge in [-0.3, -0.25) is 4.79 Å². The summed E-state index contributed by atoms with van der Waals surface area (Å²) in [6.45, 7) is 1.96. The number of halogens is 1. The maximum atomic E-state index is 12.0. The summed E-state index contributed by atoms with van der Waals surface area (Å²) < 4.78 is 0.727. The lowest BCUT2D eigenvalue weighted by atomic mass is 10.0. The molecule has 1 heterocycles. The molecule has 0 radical (unpaired) electrons. The highest BCUT2D eigenvalue weighted by Gasteiger charge is 2.11. The van der Waals surface area contributed by atoms with Crippen LogP contribution in [0.15, 0.2) is 28.9 Å². The average molecular weight is 326 g/mol. The van der Waals surface area contributed by atoms with Gasteiger partial charge in [0.2, 0.25) is 0 Å². The summed E-state index contributed by atoms with van der Waals surface area (Å²) in [5.74, 6) is -0.905. The van der Waals surface area contributed by atoms with Gasteiger partial charge in [0, 0.05) is 18.1 Å². The molecular formula is C14H16BrNO3. The Bertz CT molecular complexity index is 497. The first-order chi connectivity index (χ1) is 9.04. The maximum Gasteiger partial charge on any atom is 0.327 e. The van der Waals surface area contributed by atoms with Crippen molar-refractivity contribution in [1.82, 2.24) is 4.98 Å². The first-order valence-electron chi connectivity index (χ1n) is 6.12. The molecule has 0 fully saturated rings. The van der Waals surface area contributed by atoms with Gasteiger partial charge in [-0.25, -0.2) is 9.78 Å². The quantitative estimate of drug-likeness (QED) is 0.361. The molecule has 0 aromatic carbocycles. The van der Waals surface area contributed by atoms with Gasteiger partial charge in [0.05, 0.1) is 5.69 Å². The number of rotatable bonds is 7. The Balaban J connectivity index is 2.56. The van der Waals surface area contributed by atoms with Gasteiger partial charge in [0.25, 0.3) is 0 Å². The zero-order valence-electron chi connectivity index (χ0n) is 10.7. The minimum Gasteiger partial charge on any atom is -0.478 e. The van der Waals surface area contributed by atoms with Crippen molar-refractivity contribution in [2.45, 2.75) is 32.6 Å². The molecule has 0 amide bonds. The molecule has 1 rings (SSSR count). The number of unbranched alkanes of at least 4 members (excludes halogenated alkanes) is 1. The number of allylic oxidation sites excluding steroid dienone is 1. The molecule has 0 bridgehead atoms. The van der Waals surface area contributed by atoms with E-state index in [2.05, 4.69) is 20.9 Å². The number of ketones is 1. The fourth-order valence-corrected chi connectivity index (χ4v) is 2.04. The molecule has 102 valence electrons. The highest BCUT2D eigenvalue weighted by Crippen LogP contribution is 2.16. The van der Waals surface area contributed by atoms with Crippen LogP contribution in [0.25, 0.3) is 0 Å². The number of Topliss-reactive ketones (excluding diaryl/α,β-unsaturated/α-hetero) is 1.